The minimum absolute atomic E-state index is 0.0731. The molecule has 0 bridgehead atoms. The maximum Gasteiger partial charge on any atom is 0.225 e. The van der Waals surface area contributed by atoms with Crippen LogP contribution in [0.15, 0.2) is 0 Å². The number of methoxy groups -OCH3 is 1. The van der Waals surface area contributed by atoms with Gasteiger partial charge in [0.15, 0.2) is 0 Å². The Morgan fingerprint density at radius 1 is 1.50 bits per heavy atom. The van der Waals surface area contributed by atoms with Gasteiger partial charge in [-0.1, -0.05) is 6.92 Å². The van der Waals surface area contributed by atoms with E-state index in [1.54, 1.807) is 7.11 Å². The predicted octanol–water partition coefficient (Wildman–Crippen LogP) is 0.856. The fourth-order valence-electron chi connectivity index (χ4n) is 2.24. The van der Waals surface area contributed by atoms with E-state index in [0.717, 1.165) is 39.0 Å². The topological polar surface area (TPSA) is 55.6 Å². The Kier molecular flexibility index (Phi) is 5.77. The van der Waals surface area contributed by atoms with E-state index in [-0.39, 0.29) is 11.8 Å². The second-order valence-electron chi connectivity index (χ2n) is 4.70. The van der Waals surface area contributed by atoms with Gasteiger partial charge in [-0.05, 0) is 31.7 Å². The van der Waals surface area contributed by atoms with Gasteiger partial charge < -0.3 is 15.4 Å². The zero-order valence-corrected chi connectivity index (χ0v) is 10.4. The first-order valence-electron chi connectivity index (χ1n) is 6.16. The van der Waals surface area contributed by atoms with Crippen molar-refractivity contribution in [3.05, 3.63) is 0 Å². The molecule has 1 saturated heterocycles. The van der Waals surface area contributed by atoms with Crippen molar-refractivity contribution in [3.63, 3.8) is 0 Å². The third kappa shape index (κ3) is 3.76. The van der Waals surface area contributed by atoms with E-state index in [1.165, 1.54) is 0 Å². The molecule has 0 aliphatic carbocycles. The third-order valence-corrected chi connectivity index (χ3v) is 3.35. The molecule has 94 valence electrons. The number of ether oxygens (including phenoxy) is 1. The summed E-state index contributed by atoms with van der Waals surface area (Å²) in [6.07, 6.45) is 2.92. The molecule has 1 unspecified atom stereocenters. The summed E-state index contributed by atoms with van der Waals surface area (Å²) in [6.45, 7) is 5.13. The number of piperidine rings is 1. The first-order valence-corrected chi connectivity index (χ1v) is 6.16. The third-order valence-electron chi connectivity index (χ3n) is 3.35. The smallest absolute Gasteiger partial charge is 0.225 e. The molecule has 1 rings (SSSR count). The largest absolute Gasteiger partial charge is 0.384 e. The van der Waals surface area contributed by atoms with Crippen LogP contribution in [0, 0.1) is 11.8 Å². The summed E-state index contributed by atoms with van der Waals surface area (Å²) in [5.41, 5.74) is 5.47. The van der Waals surface area contributed by atoms with E-state index >= 15 is 0 Å². The van der Waals surface area contributed by atoms with Gasteiger partial charge in [-0.25, -0.2) is 0 Å². The van der Waals surface area contributed by atoms with Gasteiger partial charge in [0.1, 0.15) is 0 Å². The molecule has 0 aromatic carbocycles. The monoisotopic (exact) mass is 228 g/mol. The van der Waals surface area contributed by atoms with Gasteiger partial charge in [0.2, 0.25) is 5.91 Å². The molecule has 4 nitrogen and oxygen atoms in total. The number of hydrogen-bond acceptors (Lipinski definition) is 3. The van der Waals surface area contributed by atoms with E-state index in [1.807, 2.05) is 11.8 Å². The molecular formula is C12H24N2O2. The van der Waals surface area contributed by atoms with Crippen LogP contribution in [0.4, 0.5) is 0 Å². The summed E-state index contributed by atoms with van der Waals surface area (Å²) in [5.74, 6) is 0.962. The first-order chi connectivity index (χ1) is 7.69. The van der Waals surface area contributed by atoms with Crippen molar-refractivity contribution in [1.29, 1.82) is 0 Å². The molecule has 1 atom stereocenters. The maximum atomic E-state index is 12.0. The number of carbonyl (C=O) groups excluding carboxylic acids is 1. The number of likely N-dealkylation sites (tertiary alicyclic amines) is 1. The fraction of sp³-hybridized carbons (Fsp3) is 0.917. The molecule has 0 saturated carbocycles. The van der Waals surface area contributed by atoms with Crippen molar-refractivity contribution in [2.24, 2.45) is 17.6 Å². The summed E-state index contributed by atoms with van der Waals surface area (Å²) in [7, 11) is 1.74. The molecule has 1 aliphatic rings. The Morgan fingerprint density at radius 2 is 2.12 bits per heavy atom. The van der Waals surface area contributed by atoms with Gasteiger partial charge in [-0.3, -0.25) is 4.79 Å². The van der Waals surface area contributed by atoms with Gasteiger partial charge in [0.05, 0.1) is 0 Å². The van der Waals surface area contributed by atoms with Crippen LogP contribution in [-0.4, -0.2) is 44.2 Å². The highest BCUT2D eigenvalue weighted by Crippen LogP contribution is 2.19. The van der Waals surface area contributed by atoms with Crippen LogP contribution in [0.3, 0.4) is 0 Å². The van der Waals surface area contributed by atoms with Crippen molar-refractivity contribution >= 4 is 5.91 Å². The number of amides is 1. The van der Waals surface area contributed by atoms with E-state index in [0.29, 0.717) is 12.5 Å². The Balaban J connectivity index is 2.32. The summed E-state index contributed by atoms with van der Waals surface area (Å²) in [4.78, 5) is 14.0. The molecular weight excluding hydrogens is 204 g/mol. The van der Waals surface area contributed by atoms with Crippen molar-refractivity contribution < 1.29 is 9.53 Å². The van der Waals surface area contributed by atoms with Crippen LogP contribution in [0.1, 0.15) is 26.2 Å². The van der Waals surface area contributed by atoms with Crippen LogP contribution in [-0.2, 0) is 9.53 Å². The molecule has 1 heterocycles. The highest BCUT2D eigenvalue weighted by atomic mass is 16.5. The fourth-order valence-corrected chi connectivity index (χ4v) is 2.24. The average molecular weight is 228 g/mol. The predicted molar refractivity (Wildman–Crippen MR) is 64.0 cm³/mol. The Hall–Kier alpha value is -0.610. The highest BCUT2D eigenvalue weighted by Gasteiger charge is 2.25. The molecule has 0 radical (unpaired) electrons. The molecule has 1 aliphatic heterocycles. The van der Waals surface area contributed by atoms with Gasteiger partial charge in [-0.15, -0.1) is 0 Å². The van der Waals surface area contributed by atoms with Crippen LogP contribution in [0.25, 0.3) is 0 Å². The molecule has 16 heavy (non-hydrogen) atoms. The number of nitrogens with two attached hydrogens (primary N) is 1. The zero-order valence-electron chi connectivity index (χ0n) is 10.4. The zero-order chi connectivity index (χ0) is 12.0. The van der Waals surface area contributed by atoms with Gasteiger partial charge in [0.25, 0.3) is 0 Å². The molecule has 1 amide bonds. The van der Waals surface area contributed by atoms with Gasteiger partial charge >= 0.3 is 0 Å². The number of rotatable bonds is 5. The van der Waals surface area contributed by atoms with Crippen LogP contribution in [0.5, 0.6) is 0 Å². The molecule has 0 aromatic rings. The lowest BCUT2D eigenvalue weighted by Gasteiger charge is -2.33. The van der Waals surface area contributed by atoms with Crippen molar-refractivity contribution in [3.8, 4) is 0 Å². The van der Waals surface area contributed by atoms with Crippen LogP contribution < -0.4 is 5.73 Å². The van der Waals surface area contributed by atoms with Gasteiger partial charge in [-0.2, -0.15) is 0 Å². The minimum Gasteiger partial charge on any atom is -0.384 e. The molecule has 2 N–H and O–H groups in total. The number of carbonyl (C=O) groups is 1. The molecule has 0 aromatic heterocycles. The first kappa shape index (κ1) is 13.5. The van der Waals surface area contributed by atoms with E-state index in [2.05, 4.69) is 0 Å². The highest BCUT2D eigenvalue weighted by molar-refractivity contribution is 5.78. The van der Waals surface area contributed by atoms with Crippen molar-refractivity contribution in [2.75, 3.05) is 33.4 Å². The normalized spacial score (nSPS) is 19.8. The summed E-state index contributed by atoms with van der Waals surface area (Å²) >= 11 is 0. The van der Waals surface area contributed by atoms with Crippen molar-refractivity contribution in [2.45, 2.75) is 26.2 Å². The molecule has 1 fully saturated rings. The van der Waals surface area contributed by atoms with E-state index in [4.69, 9.17) is 10.5 Å². The minimum atomic E-state index is 0.0731. The summed E-state index contributed by atoms with van der Waals surface area (Å²) < 4.78 is 5.14. The lowest BCUT2D eigenvalue weighted by molar-refractivity contribution is -0.136. The van der Waals surface area contributed by atoms with Crippen LogP contribution >= 0.6 is 0 Å². The maximum absolute atomic E-state index is 12.0. The van der Waals surface area contributed by atoms with Crippen LogP contribution in [0.2, 0.25) is 0 Å². The number of hydrogen-bond donors (Lipinski definition) is 1. The van der Waals surface area contributed by atoms with Gasteiger partial charge in [0, 0.05) is 32.7 Å². The molecule has 0 spiro atoms. The summed E-state index contributed by atoms with van der Waals surface area (Å²) in [5, 5.41) is 0. The lowest BCUT2D eigenvalue weighted by Crippen LogP contribution is -2.42. The Morgan fingerprint density at radius 3 is 2.62 bits per heavy atom. The second-order valence-corrected chi connectivity index (χ2v) is 4.70. The quantitative estimate of drug-likeness (QED) is 0.759. The Labute approximate surface area is 98.1 Å². The Bertz CT molecular complexity index is 213. The van der Waals surface area contributed by atoms with E-state index < -0.39 is 0 Å². The van der Waals surface area contributed by atoms with Crippen molar-refractivity contribution in [1.82, 2.24) is 4.90 Å². The molecule has 4 heteroatoms. The average Bonchev–Trinajstić information content (AvgIpc) is 2.30. The summed E-state index contributed by atoms with van der Waals surface area (Å²) in [6, 6.07) is 0. The lowest BCUT2D eigenvalue weighted by atomic mass is 9.96. The number of nitrogens with zero attached hydrogens (tertiary/aromatic N) is 1. The standard InChI is InChI=1S/C12H24N2O2/c1-10(3-6-13)12(15)14-7-4-11(5-8-14)9-16-2/h10-11H,3-9,13H2,1-2H3. The second kappa shape index (κ2) is 6.86. The van der Waals surface area contributed by atoms with E-state index in [9.17, 15) is 4.79 Å². The SMILES string of the molecule is COCC1CCN(C(=O)C(C)CCN)CC1.